The SMILES string of the molecule is Cc1[nH]c2ccccc2c1-c1nnc(CN)s1. The molecule has 86 valence electrons. The smallest absolute Gasteiger partial charge is 0.150 e. The van der Waals surface area contributed by atoms with Crippen molar-refractivity contribution in [2.75, 3.05) is 0 Å². The second kappa shape index (κ2) is 3.94. The van der Waals surface area contributed by atoms with Gasteiger partial charge in [0.2, 0.25) is 0 Å². The van der Waals surface area contributed by atoms with Gasteiger partial charge in [0.05, 0.1) is 0 Å². The highest BCUT2D eigenvalue weighted by atomic mass is 32.1. The number of H-pyrrole nitrogens is 1. The molecule has 2 aromatic heterocycles. The normalized spacial score (nSPS) is 11.2. The van der Waals surface area contributed by atoms with Gasteiger partial charge in [-0.2, -0.15) is 0 Å². The largest absolute Gasteiger partial charge is 0.358 e. The third kappa shape index (κ3) is 1.64. The van der Waals surface area contributed by atoms with Crippen LogP contribution in [-0.4, -0.2) is 15.2 Å². The predicted molar refractivity (Wildman–Crippen MR) is 69.8 cm³/mol. The Labute approximate surface area is 102 Å². The van der Waals surface area contributed by atoms with Gasteiger partial charge in [-0.25, -0.2) is 0 Å². The zero-order chi connectivity index (χ0) is 11.8. The lowest BCUT2D eigenvalue weighted by molar-refractivity contribution is 0.960. The van der Waals surface area contributed by atoms with E-state index in [0.29, 0.717) is 6.54 Å². The monoisotopic (exact) mass is 244 g/mol. The average Bonchev–Trinajstić information content (AvgIpc) is 2.91. The van der Waals surface area contributed by atoms with Gasteiger partial charge in [-0.1, -0.05) is 29.5 Å². The fourth-order valence-electron chi connectivity index (χ4n) is 1.99. The molecule has 0 unspecified atom stereocenters. The molecule has 3 rings (SSSR count). The summed E-state index contributed by atoms with van der Waals surface area (Å²) in [6, 6.07) is 8.21. The van der Waals surface area contributed by atoms with Crippen LogP contribution in [-0.2, 0) is 6.54 Å². The van der Waals surface area contributed by atoms with Crippen LogP contribution in [0.3, 0.4) is 0 Å². The molecule has 0 fully saturated rings. The maximum Gasteiger partial charge on any atom is 0.150 e. The molecular weight excluding hydrogens is 232 g/mol. The molecule has 5 heteroatoms. The molecular formula is C12H12N4S. The van der Waals surface area contributed by atoms with Crippen LogP contribution in [0.1, 0.15) is 10.7 Å². The Morgan fingerprint density at radius 3 is 2.88 bits per heavy atom. The van der Waals surface area contributed by atoms with Crippen molar-refractivity contribution in [2.45, 2.75) is 13.5 Å². The van der Waals surface area contributed by atoms with Gasteiger partial charge in [0.25, 0.3) is 0 Å². The van der Waals surface area contributed by atoms with Gasteiger partial charge in [-0.05, 0) is 13.0 Å². The molecule has 3 aromatic rings. The number of benzene rings is 1. The second-order valence-electron chi connectivity index (χ2n) is 3.88. The second-order valence-corrected chi connectivity index (χ2v) is 4.94. The maximum absolute atomic E-state index is 5.57. The topological polar surface area (TPSA) is 67.6 Å². The quantitative estimate of drug-likeness (QED) is 0.727. The molecule has 3 N–H and O–H groups in total. The highest BCUT2D eigenvalue weighted by Crippen LogP contribution is 2.33. The minimum Gasteiger partial charge on any atom is -0.358 e. The van der Waals surface area contributed by atoms with E-state index < -0.39 is 0 Å². The number of rotatable bonds is 2. The number of nitrogens with zero attached hydrogens (tertiary/aromatic N) is 2. The van der Waals surface area contributed by atoms with Gasteiger partial charge in [0.15, 0.2) is 0 Å². The summed E-state index contributed by atoms with van der Waals surface area (Å²) >= 11 is 1.55. The molecule has 2 heterocycles. The molecule has 0 bridgehead atoms. The van der Waals surface area contributed by atoms with Gasteiger partial charge in [-0.15, -0.1) is 10.2 Å². The van der Waals surface area contributed by atoms with Gasteiger partial charge < -0.3 is 10.7 Å². The van der Waals surface area contributed by atoms with E-state index in [4.69, 9.17) is 5.73 Å². The van der Waals surface area contributed by atoms with E-state index in [0.717, 1.165) is 26.8 Å². The molecule has 0 amide bonds. The van der Waals surface area contributed by atoms with Crippen molar-refractivity contribution in [2.24, 2.45) is 5.73 Å². The standard InChI is InChI=1S/C12H12N4S/c1-7-11(12-16-15-10(6-13)17-12)8-4-2-3-5-9(8)14-7/h2-5,14H,6,13H2,1H3. The van der Waals surface area contributed by atoms with Gasteiger partial charge in [-0.3, -0.25) is 0 Å². The number of aryl methyl sites for hydroxylation is 1. The number of nitrogens with one attached hydrogen (secondary N) is 1. The fourth-order valence-corrected chi connectivity index (χ4v) is 2.82. The lowest BCUT2D eigenvalue weighted by Gasteiger charge is -1.94. The molecule has 4 nitrogen and oxygen atoms in total. The van der Waals surface area contributed by atoms with Gasteiger partial charge in [0, 0.05) is 28.7 Å². The highest BCUT2D eigenvalue weighted by Gasteiger charge is 2.14. The van der Waals surface area contributed by atoms with Crippen LogP contribution in [0.5, 0.6) is 0 Å². The first-order valence-corrected chi connectivity index (χ1v) is 6.21. The Morgan fingerprint density at radius 2 is 2.12 bits per heavy atom. The first kappa shape index (κ1) is 10.4. The molecule has 0 aliphatic carbocycles. The summed E-state index contributed by atoms with van der Waals surface area (Å²) < 4.78 is 0. The first-order valence-electron chi connectivity index (χ1n) is 5.39. The third-order valence-electron chi connectivity index (χ3n) is 2.75. The van der Waals surface area contributed by atoms with Crippen molar-refractivity contribution in [3.05, 3.63) is 35.0 Å². The van der Waals surface area contributed by atoms with Crippen LogP contribution in [0.2, 0.25) is 0 Å². The molecule has 0 spiro atoms. The van der Waals surface area contributed by atoms with E-state index in [2.05, 4.69) is 34.2 Å². The zero-order valence-electron chi connectivity index (χ0n) is 9.40. The minimum atomic E-state index is 0.444. The molecule has 0 saturated carbocycles. The summed E-state index contributed by atoms with van der Waals surface area (Å²) in [6.45, 7) is 2.50. The van der Waals surface area contributed by atoms with E-state index in [1.54, 1.807) is 11.3 Å². The van der Waals surface area contributed by atoms with Crippen molar-refractivity contribution < 1.29 is 0 Å². The van der Waals surface area contributed by atoms with E-state index >= 15 is 0 Å². The Balaban J connectivity index is 2.25. The summed E-state index contributed by atoms with van der Waals surface area (Å²) in [4.78, 5) is 3.36. The summed E-state index contributed by atoms with van der Waals surface area (Å²) in [7, 11) is 0. The summed E-state index contributed by atoms with van der Waals surface area (Å²) in [5.74, 6) is 0. The number of aromatic amines is 1. The van der Waals surface area contributed by atoms with E-state index in [9.17, 15) is 0 Å². The molecule has 0 aliphatic rings. The summed E-state index contributed by atoms with van der Waals surface area (Å²) in [5.41, 5.74) is 8.95. The van der Waals surface area contributed by atoms with Gasteiger partial charge in [0.1, 0.15) is 10.0 Å². The van der Waals surface area contributed by atoms with Crippen LogP contribution < -0.4 is 5.73 Å². The molecule has 0 aliphatic heterocycles. The fraction of sp³-hybridized carbons (Fsp3) is 0.167. The first-order chi connectivity index (χ1) is 8.29. The number of aromatic nitrogens is 3. The maximum atomic E-state index is 5.57. The molecule has 0 radical (unpaired) electrons. The molecule has 0 atom stereocenters. The van der Waals surface area contributed by atoms with Crippen molar-refractivity contribution in [3.8, 4) is 10.6 Å². The Hall–Kier alpha value is -1.72. The average molecular weight is 244 g/mol. The highest BCUT2D eigenvalue weighted by molar-refractivity contribution is 7.14. The van der Waals surface area contributed by atoms with Crippen LogP contribution >= 0.6 is 11.3 Å². The number of hydrogen-bond donors (Lipinski definition) is 2. The van der Waals surface area contributed by atoms with E-state index in [1.165, 1.54) is 5.39 Å². The van der Waals surface area contributed by atoms with Crippen LogP contribution in [0.4, 0.5) is 0 Å². The molecule has 17 heavy (non-hydrogen) atoms. The summed E-state index contributed by atoms with van der Waals surface area (Å²) in [5, 5.41) is 11.3. The lowest BCUT2D eigenvalue weighted by Crippen LogP contribution is -1.94. The number of fused-ring (bicyclic) bond motifs is 1. The third-order valence-corrected chi connectivity index (χ3v) is 3.71. The van der Waals surface area contributed by atoms with Crippen molar-refractivity contribution in [1.29, 1.82) is 0 Å². The van der Waals surface area contributed by atoms with E-state index in [-0.39, 0.29) is 0 Å². The molecule has 1 aromatic carbocycles. The Kier molecular flexibility index (Phi) is 2.42. The van der Waals surface area contributed by atoms with Crippen LogP contribution in [0.15, 0.2) is 24.3 Å². The van der Waals surface area contributed by atoms with Crippen molar-refractivity contribution >= 4 is 22.2 Å². The van der Waals surface area contributed by atoms with Crippen LogP contribution in [0.25, 0.3) is 21.5 Å². The Bertz CT molecular complexity index is 668. The van der Waals surface area contributed by atoms with Crippen LogP contribution in [0, 0.1) is 6.92 Å². The van der Waals surface area contributed by atoms with Crippen molar-refractivity contribution in [3.63, 3.8) is 0 Å². The predicted octanol–water partition coefficient (Wildman–Crippen LogP) is 2.45. The number of para-hydroxylation sites is 1. The Morgan fingerprint density at radius 1 is 1.29 bits per heavy atom. The molecule has 0 saturated heterocycles. The van der Waals surface area contributed by atoms with Crippen molar-refractivity contribution in [1.82, 2.24) is 15.2 Å². The minimum absolute atomic E-state index is 0.444. The van der Waals surface area contributed by atoms with E-state index in [1.807, 2.05) is 12.1 Å². The summed E-state index contributed by atoms with van der Waals surface area (Å²) in [6.07, 6.45) is 0. The zero-order valence-corrected chi connectivity index (χ0v) is 10.2. The van der Waals surface area contributed by atoms with Gasteiger partial charge >= 0.3 is 0 Å². The lowest BCUT2D eigenvalue weighted by atomic mass is 10.1. The number of hydrogen-bond acceptors (Lipinski definition) is 4. The number of nitrogens with two attached hydrogens (primary N) is 1.